The number of ether oxygens (including phenoxy) is 1. The minimum absolute atomic E-state index is 0.163. The summed E-state index contributed by atoms with van der Waals surface area (Å²) in [6.45, 7) is -0.217. The van der Waals surface area contributed by atoms with Gasteiger partial charge in [-0.25, -0.2) is 13.9 Å². The van der Waals surface area contributed by atoms with Crippen molar-refractivity contribution < 1.29 is 13.9 Å². The van der Waals surface area contributed by atoms with Crippen LogP contribution in [0.15, 0.2) is 60.9 Å². The highest BCUT2D eigenvalue weighted by Gasteiger charge is 2.12. The molecule has 6 heteroatoms. The normalized spacial score (nSPS) is 10.5. The molecule has 0 saturated heterocycles. The van der Waals surface area contributed by atoms with Gasteiger partial charge < -0.3 is 4.74 Å². The number of carbonyl (C=O) groups excluding carboxylic acids is 1. The standard InChI is InChI=1S/C17H12ClFN2O2/c18-15-3-1-4-16(19)14(15)11-23-17(22)12-5-7-13(8-6-12)21-10-2-9-20-21/h1-10H,11H2. The third-order valence-electron chi connectivity index (χ3n) is 3.28. The molecule has 0 saturated carbocycles. The van der Waals surface area contributed by atoms with Crippen molar-refractivity contribution in [3.05, 3.63) is 82.9 Å². The monoisotopic (exact) mass is 330 g/mol. The summed E-state index contributed by atoms with van der Waals surface area (Å²) in [6, 6.07) is 12.9. The van der Waals surface area contributed by atoms with Crippen LogP contribution in [0.25, 0.3) is 5.69 Å². The molecule has 0 aliphatic carbocycles. The second-order valence-corrected chi connectivity index (χ2v) is 5.18. The highest BCUT2D eigenvalue weighted by Crippen LogP contribution is 2.20. The average Bonchev–Trinajstić information content (AvgIpc) is 3.09. The van der Waals surface area contributed by atoms with E-state index in [9.17, 15) is 9.18 Å². The molecule has 0 fully saturated rings. The quantitative estimate of drug-likeness (QED) is 0.679. The molecule has 0 aliphatic rings. The molecule has 0 unspecified atom stereocenters. The van der Waals surface area contributed by atoms with Gasteiger partial charge in [-0.3, -0.25) is 0 Å². The molecule has 1 aromatic heterocycles. The van der Waals surface area contributed by atoms with Crippen molar-refractivity contribution in [1.82, 2.24) is 9.78 Å². The number of hydrogen-bond acceptors (Lipinski definition) is 3. The molecule has 23 heavy (non-hydrogen) atoms. The summed E-state index contributed by atoms with van der Waals surface area (Å²) in [4.78, 5) is 12.0. The lowest BCUT2D eigenvalue weighted by atomic mass is 10.2. The number of aromatic nitrogens is 2. The van der Waals surface area contributed by atoms with Crippen molar-refractivity contribution in [2.75, 3.05) is 0 Å². The van der Waals surface area contributed by atoms with E-state index in [0.29, 0.717) is 5.56 Å². The first-order chi connectivity index (χ1) is 11.1. The summed E-state index contributed by atoms with van der Waals surface area (Å²) in [5.74, 6) is -1.05. The van der Waals surface area contributed by atoms with Crippen molar-refractivity contribution >= 4 is 17.6 Å². The van der Waals surface area contributed by atoms with Crippen LogP contribution in [0, 0.1) is 5.82 Å². The van der Waals surface area contributed by atoms with Gasteiger partial charge in [0.05, 0.1) is 16.3 Å². The van der Waals surface area contributed by atoms with E-state index in [2.05, 4.69) is 5.10 Å². The summed E-state index contributed by atoms with van der Waals surface area (Å²) >= 11 is 5.90. The molecule has 0 N–H and O–H groups in total. The Morgan fingerprint density at radius 1 is 1.17 bits per heavy atom. The lowest BCUT2D eigenvalue weighted by molar-refractivity contribution is 0.0469. The first-order valence-electron chi connectivity index (χ1n) is 6.85. The summed E-state index contributed by atoms with van der Waals surface area (Å²) in [6.07, 6.45) is 3.47. The zero-order valence-corrected chi connectivity index (χ0v) is 12.7. The summed E-state index contributed by atoms with van der Waals surface area (Å²) in [5.41, 5.74) is 1.35. The van der Waals surface area contributed by atoms with Crippen molar-refractivity contribution in [2.45, 2.75) is 6.61 Å². The van der Waals surface area contributed by atoms with E-state index in [1.807, 2.05) is 0 Å². The first-order valence-corrected chi connectivity index (χ1v) is 7.23. The van der Waals surface area contributed by atoms with Crippen molar-refractivity contribution in [3.63, 3.8) is 0 Å². The molecule has 3 rings (SSSR count). The van der Waals surface area contributed by atoms with E-state index < -0.39 is 11.8 Å². The number of hydrogen-bond donors (Lipinski definition) is 0. The molecule has 0 aliphatic heterocycles. The van der Waals surface area contributed by atoms with Gasteiger partial charge in [-0.15, -0.1) is 0 Å². The third-order valence-corrected chi connectivity index (χ3v) is 3.64. The first kappa shape index (κ1) is 15.2. The molecule has 0 atom stereocenters. The molecule has 1 heterocycles. The molecular formula is C17H12ClFN2O2. The van der Waals surface area contributed by atoms with Crippen LogP contribution in [0.2, 0.25) is 5.02 Å². The summed E-state index contributed by atoms with van der Waals surface area (Å²) in [5, 5.41) is 4.33. The Morgan fingerprint density at radius 3 is 2.61 bits per heavy atom. The minimum Gasteiger partial charge on any atom is -0.457 e. The maximum Gasteiger partial charge on any atom is 0.338 e. The molecule has 0 spiro atoms. The van der Waals surface area contributed by atoms with Crippen LogP contribution in [-0.4, -0.2) is 15.7 Å². The second-order valence-electron chi connectivity index (χ2n) is 4.77. The van der Waals surface area contributed by atoms with Crippen LogP contribution in [0.1, 0.15) is 15.9 Å². The molecule has 0 bridgehead atoms. The molecule has 3 aromatic rings. The largest absolute Gasteiger partial charge is 0.457 e. The lowest BCUT2D eigenvalue weighted by Crippen LogP contribution is -2.07. The predicted molar refractivity (Wildman–Crippen MR) is 84.1 cm³/mol. The van der Waals surface area contributed by atoms with Crippen molar-refractivity contribution in [1.29, 1.82) is 0 Å². The van der Waals surface area contributed by atoms with Crippen molar-refractivity contribution in [2.24, 2.45) is 0 Å². The second kappa shape index (κ2) is 6.62. The van der Waals surface area contributed by atoms with Crippen molar-refractivity contribution in [3.8, 4) is 5.69 Å². The summed E-state index contributed by atoms with van der Waals surface area (Å²) in [7, 11) is 0. The lowest BCUT2D eigenvalue weighted by Gasteiger charge is -2.08. The van der Waals surface area contributed by atoms with E-state index in [-0.39, 0.29) is 17.2 Å². The SMILES string of the molecule is O=C(OCc1c(F)cccc1Cl)c1ccc(-n2cccn2)cc1. The number of benzene rings is 2. The van der Waals surface area contributed by atoms with E-state index in [1.165, 1.54) is 12.1 Å². The fourth-order valence-electron chi connectivity index (χ4n) is 2.06. The number of esters is 1. The van der Waals surface area contributed by atoms with Crippen LogP contribution in [-0.2, 0) is 11.3 Å². The maximum atomic E-state index is 13.6. The molecule has 116 valence electrons. The number of carbonyl (C=O) groups is 1. The van der Waals surface area contributed by atoms with Gasteiger partial charge in [0.15, 0.2) is 0 Å². The topological polar surface area (TPSA) is 44.1 Å². The van der Waals surface area contributed by atoms with Gasteiger partial charge in [0.25, 0.3) is 0 Å². The predicted octanol–water partition coefficient (Wildman–Crippen LogP) is 4.02. The zero-order valence-electron chi connectivity index (χ0n) is 11.9. The Balaban J connectivity index is 1.69. The van der Waals surface area contributed by atoms with Gasteiger partial charge in [-0.2, -0.15) is 5.10 Å². The average molecular weight is 331 g/mol. The van der Waals surface area contributed by atoms with Crippen LogP contribution in [0.3, 0.4) is 0 Å². The van der Waals surface area contributed by atoms with Gasteiger partial charge in [-0.05, 0) is 42.5 Å². The molecular weight excluding hydrogens is 319 g/mol. The molecule has 0 amide bonds. The third kappa shape index (κ3) is 3.40. The smallest absolute Gasteiger partial charge is 0.338 e. The van der Waals surface area contributed by atoms with Gasteiger partial charge in [0.2, 0.25) is 0 Å². The van der Waals surface area contributed by atoms with Crippen LogP contribution < -0.4 is 0 Å². The highest BCUT2D eigenvalue weighted by atomic mass is 35.5. The number of nitrogens with zero attached hydrogens (tertiary/aromatic N) is 2. The van der Waals surface area contributed by atoms with Crippen LogP contribution in [0.4, 0.5) is 4.39 Å². The molecule has 2 aromatic carbocycles. The summed E-state index contributed by atoms with van der Waals surface area (Å²) < 4.78 is 20.4. The zero-order chi connectivity index (χ0) is 16.2. The van der Waals surface area contributed by atoms with Gasteiger partial charge in [0.1, 0.15) is 12.4 Å². The van der Waals surface area contributed by atoms with Crippen LogP contribution >= 0.6 is 11.6 Å². The number of rotatable bonds is 4. The minimum atomic E-state index is -0.545. The Bertz CT molecular complexity index is 797. The van der Waals surface area contributed by atoms with Gasteiger partial charge in [-0.1, -0.05) is 17.7 Å². The molecule has 0 radical (unpaired) electrons. The fraction of sp³-hybridized carbons (Fsp3) is 0.0588. The maximum absolute atomic E-state index is 13.6. The van der Waals surface area contributed by atoms with Crippen LogP contribution in [0.5, 0.6) is 0 Å². The fourth-order valence-corrected chi connectivity index (χ4v) is 2.28. The Labute approximate surface area is 137 Å². The van der Waals surface area contributed by atoms with E-state index in [4.69, 9.17) is 16.3 Å². The van der Waals surface area contributed by atoms with E-state index in [1.54, 1.807) is 53.5 Å². The van der Waals surface area contributed by atoms with E-state index in [0.717, 1.165) is 5.69 Å². The van der Waals surface area contributed by atoms with Gasteiger partial charge >= 0.3 is 5.97 Å². The Morgan fingerprint density at radius 2 is 1.96 bits per heavy atom. The van der Waals surface area contributed by atoms with E-state index >= 15 is 0 Å². The molecule has 4 nitrogen and oxygen atoms in total. The Kier molecular flexibility index (Phi) is 4.39. The highest BCUT2D eigenvalue weighted by molar-refractivity contribution is 6.31. The van der Waals surface area contributed by atoms with Gasteiger partial charge in [0, 0.05) is 18.0 Å². The number of halogens is 2. The Hall–Kier alpha value is -2.66.